The second-order valence-corrected chi connectivity index (χ2v) is 11.1. The third-order valence-electron chi connectivity index (χ3n) is 6.36. The number of hydrogen-bond donors (Lipinski definition) is 4. The largest absolute Gasteiger partial charge is 0.507 e. The van der Waals surface area contributed by atoms with Crippen molar-refractivity contribution in [1.82, 2.24) is 0 Å². The summed E-state index contributed by atoms with van der Waals surface area (Å²) in [5.74, 6) is -1.99. The molecule has 0 aliphatic heterocycles. The molecule has 6 heteroatoms. The number of phenols is 2. The molecule has 0 aromatic heterocycles. The van der Waals surface area contributed by atoms with Crippen molar-refractivity contribution in [2.75, 3.05) is 0 Å². The van der Waals surface area contributed by atoms with Crippen LogP contribution in [0.4, 0.5) is 0 Å². The van der Waals surface area contributed by atoms with Gasteiger partial charge in [-0.05, 0) is 52.8 Å². The lowest BCUT2D eigenvalue weighted by molar-refractivity contribution is 0.0682. The number of rotatable bonds is 3. The minimum atomic E-state index is -1.09. The average Bonchev–Trinajstić information content (AvgIpc) is 2.73. The van der Waals surface area contributed by atoms with Crippen molar-refractivity contribution in [3.63, 3.8) is 0 Å². The van der Waals surface area contributed by atoms with Crippen LogP contribution < -0.4 is 0 Å². The number of aromatic carboxylic acids is 2. The Bertz CT molecular complexity index is 1030. The van der Waals surface area contributed by atoms with E-state index < -0.39 is 11.9 Å². The van der Waals surface area contributed by atoms with Gasteiger partial charge < -0.3 is 20.4 Å². The van der Waals surface area contributed by atoms with E-state index in [2.05, 4.69) is 0 Å². The predicted octanol–water partition coefficient (Wildman–Crippen LogP) is 6.82. The van der Waals surface area contributed by atoms with Crippen LogP contribution in [0.1, 0.15) is 117 Å². The minimum absolute atomic E-state index is 0.0167. The van der Waals surface area contributed by atoms with Gasteiger partial charge in [-0.3, -0.25) is 0 Å². The molecular weight excluding hydrogens is 432 g/mol. The number of hydrogen-bond acceptors (Lipinski definition) is 4. The topological polar surface area (TPSA) is 115 Å². The van der Waals surface area contributed by atoms with E-state index in [9.17, 15) is 24.9 Å². The summed E-state index contributed by atoms with van der Waals surface area (Å²) in [6.07, 6.45) is 5.69. The number of aromatic hydroxyl groups is 2. The number of para-hydroxylation sites is 1. The van der Waals surface area contributed by atoms with Crippen LogP contribution in [0.5, 0.6) is 11.5 Å². The van der Waals surface area contributed by atoms with Gasteiger partial charge in [0.1, 0.15) is 22.6 Å². The van der Waals surface area contributed by atoms with Crippen LogP contribution in [0.3, 0.4) is 0 Å². The second-order valence-electron chi connectivity index (χ2n) is 11.1. The van der Waals surface area contributed by atoms with E-state index in [0.29, 0.717) is 11.5 Å². The molecule has 0 bridgehead atoms. The fraction of sp³-hybridized carbons (Fsp3) is 0.500. The van der Waals surface area contributed by atoms with Crippen molar-refractivity contribution in [1.29, 1.82) is 0 Å². The Morgan fingerprint density at radius 1 is 0.765 bits per heavy atom. The van der Waals surface area contributed by atoms with E-state index in [-0.39, 0.29) is 33.5 Å². The molecule has 0 unspecified atom stereocenters. The highest BCUT2D eigenvalue weighted by atomic mass is 16.4. The maximum atomic E-state index is 11.2. The van der Waals surface area contributed by atoms with Crippen molar-refractivity contribution in [3.05, 3.63) is 58.1 Å². The molecule has 1 fully saturated rings. The van der Waals surface area contributed by atoms with Crippen molar-refractivity contribution in [3.8, 4) is 11.5 Å². The van der Waals surface area contributed by atoms with E-state index in [4.69, 9.17) is 5.11 Å². The Morgan fingerprint density at radius 3 is 1.79 bits per heavy atom. The van der Waals surface area contributed by atoms with E-state index in [1.54, 1.807) is 12.1 Å². The highest BCUT2D eigenvalue weighted by Crippen LogP contribution is 2.39. The Hall–Kier alpha value is -3.02. The Kier molecular flexibility index (Phi) is 8.40. The summed E-state index contributed by atoms with van der Waals surface area (Å²) in [6.45, 7) is 12.0. The van der Waals surface area contributed by atoms with Crippen LogP contribution in [-0.2, 0) is 10.8 Å². The molecule has 186 valence electrons. The summed E-state index contributed by atoms with van der Waals surface area (Å²) in [7, 11) is 0. The zero-order chi connectivity index (χ0) is 25.8. The van der Waals surface area contributed by atoms with Gasteiger partial charge in [0.2, 0.25) is 0 Å². The van der Waals surface area contributed by atoms with Crippen LogP contribution in [0.15, 0.2) is 30.3 Å². The quantitative estimate of drug-likeness (QED) is 0.391. The van der Waals surface area contributed by atoms with Crippen molar-refractivity contribution >= 4 is 11.9 Å². The number of carbonyl (C=O) groups is 2. The molecule has 2 aromatic carbocycles. The van der Waals surface area contributed by atoms with Gasteiger partial charge in [-0.1, -0.05) is 79.0 Å². The van der Waals surface area contributed by atoms with Crippen LogP contribution >= 0.6 is 0 Å². The zero-order valence-electron chi connectivity index (χ0n) is 21.1. The maximum Gasteiger partial charge on any atom is 0.339 e. The molecule has 34 heavy (non-hydrogen) atoms. The molecule has 1 saturated carbocycles. The van der Waals surface area contributed by atoms with Crippen LogP contribution in [0.25, 0.3) is 0 Å². The van der Waals surface area contributed by atoms with Gasteiger partial charge in [-0.15, -0.1) is 0 Å². The lowest BCUT2D eigenvalue weighted by atomic mass is 9.79. The monoisotopic (exact) mass is 470 g/mol. The van der Waals surface area contributed by atoms with Gasteiger partial charge in [0.15, 0.2) is 0 Å². The molecule has 0 heterocycles. The molecule has 0 saturated heterocycles. The van der Waals surface area contributed by atoms with Crippen molar-refractivity contribution in [2.45, 2.75) is 90.4 Å². The van der Waals surface area contributed by atoms with Gasteiger partial charge >= 0.3 is 11.9 Å². The molecule has 0 atom stereocenters. The Labute approximate surface area is 202 Å². The third kappa shape index (κ3) is 6.52. The summed E-state index contributed by atoms with van der Waals surface area (Å²) >= 11 is 0. The minimum Gasteiger partial charge on any atom is -0.507 e. The number of benzene rings is 2. The molecule has 3 rings (SSSR count). The molecule has 0 radical (unpaired) electrons. The summed E-state index contributed by atoms with van der Waals surface area (Å²) in [5, 5.41) is 38.1. The maximum absolute atomic E-state index is 11.2. The van der Waals surface area contributed by atoms with Crippen LogP contribution in [-0.4, -0.2) is 32.4 Å². The summed E-state index contributed by atoms with van der Waals surface area (Å²) in [4.78, 5) is 22.1. The first kappa shape index (κ1) is 27.2. The normalized spacial score (nSPS) is 14.8. The van der Waals surface area contributed by atoms with Gasteiger partial charge in [-0.25, -0.2) is 9.59 Å². The van der Waals surface area contributed by atoms with Crippen molar-refractivity contribution in [2.24, 2.45) is 0 Å². The molecule has 2 aromatic rings. The van der Waals surface area contributed by atoms with Crippen LogP contribution in [0, 0.1) is 0 Å². The first-order chi connectivity index (χ1) is 15.6. The Balaban J connectivity index is 0.000000241. The van der Waals surface area contributed by atoms with E-state index in [1.165, 1.54) is 25.3 Å². The summed E-state index contributed by atoms with van der Waals surface area (Å²) in [5.41, 5.74) is 1.94. The molecule has 0 amide bonds. The highest BCUT2D eigenvalue weighted by molar-refractivity contribution is 5.92. The zero-order valence-corrected chi connectivity index (χ0v) is 21.1. The van der Waals surface area contributed by atoms with Crippen molar-refractivity contribution < 1.29 is 30.0 Å². The second kappa shape index (κ2) is 10.5. The van der Waals surface area contributed by atoms with Gasteiger partial charge in [0.05, 0.1) is 0 Å². The van der Waals surface area contributed by atoms with E-state index in [0.717, 1.165) is 24.0 Å². The van der Waals surface area contributed by atoms with Crippen LogP contribution in [0.2, 0.25) is 0 Å². The molecule has 1 aliphatic carbocycles. The molecule has 6 nitrogen and oxygen atoms in total. The fourth-order valence-electron chi connectivity index (χ4n) is 4.28. The van der Waals surface area contributed by atoms with E-state index >= 15 is 0 Å². The fourth-order valence-corrected chi connectivity index (χ4v) is 4.28. The summed E-state index contributed by atoms with van der Waals surface area (Å²) in [6, 6.07) is 8.48. The lowest BCUT2D eigenvalue weighted by Gasteiger charge is -2.26. The Morgan fingerprint density at radius 2 is 1.32 bits per heavy atom. The van der Waals surface area contributed by atoms with Gasteiger partial charge in [-0.2, -0.15) is 0 Å². The average molecular weight is 471 g/mol. The smallest absolute Gasteiger partial charge is 0.339 e. The number of carboxylic acids is 2. The van der Waals surface area contributed by atoms with Gasteiger partial charge in [0.25, 0.3) is 0 Å². The molecule has 4 N–H and O–H groups in total. The highest BCUT2D eigenvalue weighted by Gasteiger charge is 2.27. The predicted molar refractivity (Wildman–Crippen MR) is 133 cm³/mol. The first-order valence-electron chi connectivity index (χ1n) is 11.8. The molecule has 1 aliphatic rings. The molecule has 0 spiro atoms. The number of carboxylic acid groups (broad SMARTS) is 2. The van der Waals surface area contributed by atoms with E-state index in [1.807, 2.05) is 53.7 Å². The SMILES string of the molecule is CC(C)(C)c1cc(C(=O)O)c(O)c(C(C)(C)C)c1.O=C(O)c1cccc(C2CCCCC2)c1O. The third-order valence-corrected chi connectivity index (χ3v) is 6.36. The summed E-state index contributed by atoms with van der Waals surface area (Å²) < 4.78 is 0. The van der Waals surface area contributed by atoms with Gasteiger partial charge in [0, 0.05) is 5.56 Å². The molecular formula is C28H38O6. The standard InChI is InChI=1S/C15H22O3.C13H16O3/c1-14(2,3)9-7-10(13(17)18)12(16)11(8-9)15(4,5)6;14-12-10(9-5-2-1-3-6-9)7-4-8-11(12)13(15)16/h7-8,16H,1-6H3,(H,17,18);4,7-9,14H,1-3,5-6H2,(H,15,16). The first-order valence-corrected chi connectivity index (χ1v) is 11.8. The lowest BCUT2D eigenvalue weighted by Crippen LogP contribution is -2.18.